The summed E-state index contributed by atoms with van der Waals surface area (Å²) in [6.45, 7) is 2.26. The molecule has 0 radical (unpaired) electrons. The molecule has 0 spiro atoms. The lowest BCUT2D eigenvalue weighted by Crippen LogP contribution is -1.98. The van der Waals surface area contributed by atoms with E-state index in [1.807, 2.05) is 43.3 Å². The minimum atomic E-state index is 0.266. The minimum absolute atomic E-state index is 0.266. The Bertz CT molecular complexity index is 719. The Labute approximate surface area is 110 Å². The Morgan fingerprint density at radius 3 is 2.79 bits per heavy atom. The lowest BCUT2D eigenvalue weighted by atomic mass is 10.2. The van der Waals surface area contributed by atoms with E-state index in [1.165, 1.54) is 0 Å². The fraction of sp³-hybridized carbons (Fsp3) is 0.133. The highest BCUT2D eigenvalue weighted by Gasteiger charge is 2.08. The number of benzene rings is 2. The third-order valence-corrected chi connectivity index (χ3v) is 2.93. The summed E-state index contributed by atoms with van der Waals surface area (Å²) in [4.78, 5) is 4.39. The normalized spacial score (nSPS) is 10.8. The molecule has 0 aliphatic heterocycles. The monoisotopic (exact) mass is 254 g/mol. The molecule has 19 heavy (non-hydrogen) atoms. The van der Waals surface area contributed by atoms with Gasteiger partial charge >= 0.3 is 0 Å². The molecule has 4 heteroatoms. The molecule has 96 valence electrons. The van der Waals surface area contributed by atoms with Crippen LogP contribution in [0.3, 0.4) is 0 Å². The second-order valence-corrected chi connectivity index (χ2v) is 4.36. The van der Waals surface area contributed by atoms with Crippen LogP contribution >= 0.6 is 0 Å². The lowest BCUT2D eigenvalue weighted by molar-refractivity contribution is 0.268. The molecule has 0 saturated carbocycles. The average molecular weight is 254 g/mol. The van der Waals surface area contributed by atoms with Gasteiger partial charge in [0, 0.05) is 0 Å². The number of nitrogens with zero attached hydrogens (tertiary/aromatic N) is 1. The molecular weight excluding hydrogens is 240 g/mol. The largest absolute Gasteiger partial charge is 0.482 e. The first-order valence-corrected chi connectivity index (χ1v) is 6.06. The molecule has 4 nitrogen and oxygen atoms in total. The Balaban J connectivity index is 1.83. The van der Waals surface area contributed by atoms with Crippen LogP contribution in [0.5, 0.6) is 5.75 Å². The number of ether oxygens (including phenoxy) is 1. The molecule has 0 atom stereocenters. The van der Waals surface area contributed by atoms with Crippen LogP contribution < -0.4 is 10.5 Å². The maximum atomic E-state index is 5.81. The van der Waals surface area contributed by atoms with E-state index in [-0.39, 0.29) is 6.61 Å². The van der Waals surface area contributed by atoms with Crippen LogP contribution in [0.25, 0.3) is 11.1 Å². The van der Waals surface area contributed by atoms with Crippen LogP contribution in [-0.4, -0.2) is 4.98 Å². The van der Waals surface area contributed by atoms with Crippen molar-refractivity contribution in [3.8, 4) is 5.75 Å². The molecule has 0 saturated heterocycles. The fourth-order valence-corrected chi connectivity index (χ4v) is 1.95. The van der Waals surface area contributed by atoms with Gasteiger partial charge in [-0.25, -0.2) is 4.98 Å². The number of fused-ring (bicyclic) bond motifs is 1. The molecule has 0 unspecified atom stereocenters. The molecule has 0 aliphatic rings. The van der Waals surface area contributed by atoms with Crippen molar-refractivity contribution in [1.82, 2.24) is 4.98 Å². The molecule has 3 rings (SSSR count). The van der Waals surface area contributed by atoms with E-state index in [0.29, 0.717) is 17.3 Å². The fourth-order valence-electron chi connectivity index (χ4n) is 1.95. The van der Waals surface area contributed by atoms with Gasteiger partial charge in [0.1, 0.15) is 11.3 Å². The molecular formula is C15H14N2O2. The zero-order chi connectivity index (χ0) is 13.2. The number of aromatic nitrogens is 1. The molecule has 0 amide bonds. The molecule has 1 aromatic heterocycles. The summed E-state index contributed by atoms with van der Waals surface area (Å²) in [5.74, 6) is 1.19. The number of anilines is 1. The Kier molecular flexibility index (Phi) is 2.83. The second-order valence-electron chi connectivity index (χ2n) is 4.36. The van der Waals surface area contributed by atoms with Crippen LogP contribution in [0, 0.1) is 6.92 Å². The van der Waals surface area contributed by atoms with Gasteiger partial charge in [0.05, 0.1) is 5.69 Å². The van der Waals surface area contributed by atoms with Crippen molar-refractivity contribution in [3.63, 3.8) is 0 Å². The average Bonchev–Trinajstić information content (AvgIpc) is 2.82. The van der Waals surface area contributed by atoms with E-state index in [4.69, 9.17) is 14.9 Å². The van der Waals surface area contributed by atoms with Crippen LogP contribution in [-0.2, 0) is 6.61 Å². The summed E-state index contributed by atoms with van der Waals surface area (Å²) < 4.78 is 11.3. The van der Waals surface area contributed by atoms with Crippen molar-refractivity contribution in [2.75, 3.05) is 5.73 Å². The van der Waals surface area contributed by atoms with Crippen LogP contribution in [0.15, 0.2) is 46.9 Å². The molecule has 1 heterocycles. The number of aryl methyl sites for hydroxylation is 1. The van der Waals surface area contributed by atoms with Gasteiger partial charge in [0.2, 0.25) is 5.89 Å². The van der Waals surface area contributed by atoms with E-state index in [1.54, 1.807) is 6.07 Å². The quantitative estimate of drug-likeness (QED) is 0.728. The number of hydrogen-bond donors (Lipinski definition) is 1. The van der Waals surface area contributed by atoms with Crippen LogP contribution in [0.2, 0.25) is 0 Å². The SMILES string of the molecule is Cc1cccc2nc(COc3ccccc3N)oc12. The summed E-state index contributed by atoms with van der Waals surface area (Å²) >= 11 is 0. The first-order valence-electron chi connectivity index (χ1n) is 6.06. The number of nitrogens with two attached hydrogens (primary N) is 1. The number of nitrogen functional groups attached to an aromatic ring is 1. The number of rotatable bonds is 3. The van der Waals surface area contributed by atoms with Gasteiger partial charge in [-0.3, -0.25) is 0 Å². The Morgan fingerprint density at radius 2 is 2.00 bits per heavy atom. The van der Waals surface area contributed by atoms with Gasteiger partial charge in [-0.05, 0) is 30.7 Å². The summed E-state index contributed by atoms with van der Waals surface area (Å²) in [6, 6.07) is 13.2. The van der Waals surface area contributed by atoms with E-state index in [2.05, 4.69) is 4.98 Å². The number of para-hydroxylation sites is 3. The van der Waals surface area contributed by atoms with Crippen LogP contribution in [0.4, 0.5) is 5.69 Å². The van der Waals surface area contributed by atoms with E-state index >= 15 is 0 Å². The van der Waals surface area contributed by atoms with Crippen molar-refractivity contribution in [3.05, 3.63) is 53.9 Å². The molecule has 2 N–H and O–H groups in total. The smallest absolute Gasteiger partial charge is 0.233 e. The zero-order valence-corrected chi connectivity index (χ0v) is 10.6. The van der Waals surface area contributed by atoms with Gasteiger partial charge in [-0.2, -0.15) is 0 Å². The van der Waals surface area contributed by atoms with Crippen molar-refractivity contribution in [2.45, 2.75) is 13.5 Å². The molecule has 0 fully saturated rings. The highest BCUT2D eigenvalue weighted by molar-refractivity contribution is 5.75. The summed E-state index contributed by atoms with van der Waals surface area (Å²) in [5, 5.41) is 0. The molecule has 2 aromatic carbocycles. The van der Waals surface area contributed by atoms with E-state index in [9.17, 15) is 0 Å². The standard InChI is InChI=1S/C15H14N2O2/c1-10-5-4-7-12-15(10)19-14(17-12)9-18-13-8-3-2-6-11(13)16/h2-8H,9,16H2,1H3. The van der Waals surface area contributed by atoms with E-state index < -0.39 is 0 Å². The van der Waals surface area contributed by atoms with Gasteiger partial charge in [-0.1, -0.05) is 24.3 Å². The summed E-state index contributed by atoms with van der Waals surface area (Å²) in [7, 11) is 0. The van der Waals surface area contributed by atoms with E-state index in [0.717, 1.165) is 16.7 Å². The zero-order valence-electron chi connectivity index (χ0n) is 10.6. The Hall–Kier alpha value is -2.49. The number of hydrogen-bond acceptors (Lipinski definition) is 4. The van der Waals surface area contributed by atoms with Crippen molar-refractivity contribution >= 4 is 16.8 Å². The topological polar surface area (TPSA) is 61.3 Å². The van der Waals surface area contributed by atoms with Crippen LogP contribution in [0.1, 0.15) is 11.5 Å². The maximum Gasteiger partial charge on any atom is 0.233 e. The summed E-state index contributed by atoms with van der Waals surface area (Å²) in [6.07, 6.45) is 0. The van der Waals surface area contributed by atoms with Crippen molar-refractivity contribution in [1.29, 1.82) is 0 Å². The minimum Gasteiger partial charge on any atom is -0.482 e. The summed E-state index contributed by atoms with van der Waals surface area (Å²) in [5.41, 5.74) is 9.13. The lowest BCUT2D eigenvalue weighted by Gasteiger charge is -2.05. The van der Waals surface area contributed by atoms with Gasteiger partial charge in [-0.15, -0.1) is 0 Å². The maximum absolute atomic E-state index is 5.81. The Morgan fingerprint density at radius 1 is 1.16 bits per heavy atom. The predicted octanol–water partition coefficient (Wildman–Crippen LogP) is 3.30. The van der Waals surface area contributed by atoms with Crippen molar-refractivity contribution < 1.29 is 9.15 Å². The van der Waals surface area contributed by atoms with Gasteiger partial charge in [0.25, 0.3) is 0 Å². The van der Waals surface area contributed by atoms with Crippen molar-refractivity contribution in [2.24, 2.45) is 0 Å². The predicted molar refractivity (Wildman–Crippen MR) is 73.9 cm³/mol. The first kappa shape index (κ1) is 11.6. The highest BCUT2D eigenvalue weighted by Crippen LogP contribution is 2.23. The van der Waals surface area contributed by atoms with Gasteiger partial charge in [0.15, 0.2) is 12.2 Å². The second kappa shape index (κ2) is 4.65. The molecule has 0 aliphatic carbocycles. The molecule has 0 bridgehead atoms. The first-order chi connectivity index (χ1) is 9.24. The van der Waals surface area contributed by atoms with Gasteiger partial charge < -0.3 is 14.9 Å². The highest BCUT2D eigenvalue weighted by atomic mass is 16.5. The third-order valence-electron chi connectivity index (χ3n) is 2.93. The molecule has 3 aromatic rings. The third kappa shape index (κ3) is 2.25. The number of oxazole rings is 1.